The third-order valence-electron chi connectivity index (χ3n) is 4.08. The van der Waals surface area contributed by atoms with Crippen molar-refractivity contribution in [3.8, 4) is 0 Å². The largest absolute Gasteiger partial charge is 0.547 e. The lowest BCUT2D eigenvalue weighted by atomic mass is 10.3. The number of carbonyl (C=O) groups excluding carboxylic acids is 6. The maximum atomic E-state index is 11.9. The number of carbonyl (C=O) groups is 6. The van der Waals surface area contributed by atoms with Crippen LogP contribution in [0.1, 0.15) is 39.5 Å². The van der Waals surface area contributed by atoms with Crippen LogP contribution >= 0.6 is 21.6 Å². The lowest BCUT2D eigenvalue weighted by molar-refractivity contribution is -0.313. The third-order valence-corrected chi connectivity index (χ3v) is 7.71. The molecule has 0 bridgehead atoms. The van der Waals surface area contributed by atoms with Gasteiger partial charge in [0, 0.05) is 25.7 Å². The molecule has 0 N–H and O–H groups in total. The van der Waals surface area contributed by atoms with Crippen LogP contribution in [0.25, 0.3) is 0 Å². The van der Waals surface area contributed by atoms with Crippen LogP contribution in [0.15, 0.2) is 0 Å². The average Bonchev–Trinajstić information content (AvgIpc) is 3.06. The summed E-state index contributed by atoms with van der Waals surface area (Å²) in [6, 6.07) is 0. The number of aliphatic carboxylic acids is 2. The van der Waals surface area contributed by atoms with Gasteiger partial charge in [-0.2, -0.15) is 0 Å². The Morgan fingerprint density at radius 3 is 1.15 bits per heavy atom. The van der Waals surface area contributed by atoms with Gasteiger partial charge in [-0.05, 0) is 13.8 Å². The van der Waals surface area contributed by atoms with Gasteiger partial charge in [-0.1, -0.05) is 21.6 Å². The number of hydrogen-bond donors (Lipinski definition) is 0. The van der Waals surface area contributed by atoms with Crippen LogP contribution in [-0.2, 0) is 28.8 Å². The van der Waals surface area contributed by atoms with Gasteiger partial charge in [0.1, 0.15) is 9.74 Å². The van der Waals surface area contributed by atoms with Gasteiger partial charge in [0.2, 0.25) is 23.6 Å². The second-order valence-electron chi connectivity index (χ2n) is 5.95. The number of hydrogen-bond acceptors (Lipinski definition) is 10. The number of rotatable bonds is 7. The standard InChI is InChI=1S/C14H16N2O8S2/c1-13(11(21)22,15-7(17)3-4-8(15)18)25-26-14(2,12(23)24)16-9(19)5-6-10(16)20/h3-6H2,1-2H3,(H,21,22)(H,23,24)/p-2. The van der Waals surface area contributed by atoms with Crippen LogP contribution in [0.3, 0.4) is 0 Å². The molecule has 2 saturated heterocycles. The van der Waals surface area contributed by atoms with Gasteiger partial charge in [-0.25, -0.2) is 0 Å². The summed E-state index contributed by atoms with van der Waals surface area (Å²) in [4.78, 5) is 67.4. The van der Waals surface area contributed by atoms with E-state index >= 15 is 0 Å². The van der Waals surface area contributed by atoms with Gasteiger partial charge >= 0.3 is 0 Å². The molecule has 2 atom stereocenters. The summed E-state index contributed by atoms with van der Waals surface area (Å²) in [5, 5.41) is 23.3. The zero-order valence-electron chi connectivity index (χ0n) is 13.8. The van der Waals surface area contributed by atoms with Gasteiger partial charge in [0.05, 0.1) is 11.9 Å². The highest BCUT2D eigenvalue weighted by molar-refractivity contribution is 8.78. The molecule has 2 aliphatic heterocycles. The summed E-state index contributed by atoms with van der Waals surface area (Å²) < 4.78 is 0. The van der Waals surface area contributed by atoms with Crippen LogP contribution in [0, 0.1) is 0 Å². The van der Waals surface area contributed by atoms with Crippen molar-refractivity contribution >= 4 is 57.2 Å². The molecule has 10 nitrogen and oxygen atoms in total. The maximum Gasteiger partial charge on any atom is 0.231 e. The minimum Gasteiger partial charge on any atom is -0.547 e. The first-order chi connectivity index (χ1) is 11.9. The summed E-state index contributed by atoms with van der Waals surface area (Å²) >= 11 is 0. The number of nitrogens with zero attached hydrogens (tertiary/aromatic N) is 2. The lowest BCUT2D eigenvalue weighted by Crippen LogP contribution is -2.60. The molecule has 2 unspecified atom stereocenters. The average molecular weight is 402 g/mol. The third kappa shape index (κ3) is 3.18. The molecule has 0 aromatic rings. The quantitative estimate of drug-likeness (QED) is 0.332. The Balaban J connectivity index is 2.34. The molecule has 4 amide bonds. The SMILES string of the molecule is CC(SSC(C)(C(=O)[O-])N1C(=O)CCC1=O)(C(=O)[O-])N1C(=O)CCC1=O. The highest BCUT2D eigenvalue weighted by Gasteiger charge is 2.50. The molecular formula is C14H14N2O8S2-2. The molecule has 0 saturated carbocycles. The van der Waals surface area contributed by atoms with Gasteiger partial charge in [-0.3, -0.25) is 29.0 Å². The van der Waals surface area contributed by atoms with E-state index in [0.29, 0.717) is 31.4 Å². The molecule has 0 aromatic carbocycles. The molecule has 2 fully saturated rings. The number of imide groups is 2. The van der Waals surface area contributed by atoms with E-state index in [0.717, 1.165) is 13.8 Å². The van der Waals surface area contributed by atoms with Crippen LogP contribution in [-0.4, -0.2) is 55.1 Å². The molecule has 142 valence electrons. The topological polar surface area (TPSA) is 155 Å². The molecule has 26 heavy (non-hydrogen) atoms. The predicted molar refractivity (Wildman–Crippen MR) is 84.2 cm³/mol. The number of carboxylic acids is 2. The number of amides is 4. The Labute approximate surface area is 155 Å². The number of likely N-dealkylation sites (tertiary alicyclic amines) is 2. The Morgan fingerprint density at radius 1 is 0.731 bits per heavy atom. The Morgan fingerprint density at radius 2 is 0.962 bits per heavy atom. The first-order valence-electron chi connectivity index (χ1n) is 7.46. The van der Waals surface area contributed by atoms with E-state index in [9.17, 15) is 39.0 Å². The fourth-order valence-electron chi connectivity index (χ4n) is 2.59. The zero-order chi connectivity index (χ0) is 19.9. The molecule has 2 aliphatic rings. The van der Waals surface area contributed by atoms with E-state index in [2.05, 4.69) is 0 Å². The molecule has 0 aliphatic carbocycles. The van der Waals surface area contributed by atoms with Crippen molar-refractivity contribution in [1.29, 1.82) is 0 Å². The van der Waals surface area contributed by atoms with Crippen molar-refractivity contribution in [3.05, 3.63) is 0 Å². The van der Waals surface area contributed by atoms with E-state index in [-0.39, 0.29) is 25.7 Å². The molecule has 12 heteroatoms. The van der Waals surface area contributed by atoms with E-state index in [1.807, 2.05) is 0 Å². The summed E-state index contributed by atoms with van der Waals surface area (Å²) in [6.07, 6.45) is -0.691. The Kier molecular flexibility index (Phi) is 5.38. The second kappa shape index (κ2) is 6.91. The van der Waals surface area contributed by atoms with Gasteiger partial charge in [0.25, 0.3) is 0 Å². The van der Waals surface area contributed by atoms with E-state index < -0.39 is 45.3 Å². The van der Waals surface area contributed by atoms with E-state index in [1.54, 1.807) is 0 Å². The molecule has 2 rings (SSSR count). The molecule has 2 heterocycles. The van der Waals surface area contributed by atoms with Gasteiger partial charge in [-0.15, -0.1) is 0 Å². The predicted octanol–water partition coefficient (Wildman–Crippen LogP) is -2.40. The minimum atomic E-state index is -2.22. The van der Waals surface area contributed by atoms with Crippen LogP contribution in [0.2, 0.25) is 0 Å². The zero-order valence-corrected chi connectivity index (χ0v) is 15.4. The fraction of sp³-hybridized carbons (Fsp3) is 0.571. The summed E-state index contributed by atoms with van der Waals surface area (Å²) in [5.41, 5.74) is 0. The van der Waals surface area contributed by atoms with E-state index in [1.165, 1.54) is 0 Å². The van der Waals surface area contributed by atoms with Crippen molar-refractivity contribution < 1.29 is 39.0 Å². The highest BCUT2D eigenvalue weighted by Crippen LogP contribution is 2.48. The molecule has 0 radical (unpaired) electrons. The summed E-state index contributed by atoms with van der Waals surface area (Å²) in [6.45, 7) is 2.04. The fourth-order valence-corrected chi connectivity index (χ4v) is 5.44. The normalized spacial score (nSPS) is 22.5. The Hall–Kier alpha value is -2.08. The van der Waals surface area contributed by atoms with Crippen LogP contribution in [0.5, 0.6) is 0 Å². The molecular weight excluding hydrogens is 388 g/mol. The van der Waals surface area contributed by atoms with Crippen molar-refractivity contribution in [2.24, 2.45) is 0 Å². The summed E-state index contributed by atoms with van der Waals surface area (Å²) in [7, 11) is 0.670. The Bertz CT molecular complexity index is 634. The minimum absolute atomic E-state index is 0.173. The monoisotopic (exact) mass is 402 g/mol. The molecule has 0 aromatic heterocycles. The first kappa shape index (κ1) is 20.2. The highest BCUT2D eigenvalue weighted by atomic mass is 33.1. The van der Waals surface area contributed by atoms with Crippen molar-refractivity contribution in [2.75, 3.05) is 0 Å². The van der Waals surface area contributed by atoms with Gasteiger partial charge < -0.3 is 19.8 Å². The number of carboxylic acid groups (broad SMARTS) is 2. The van der Waals surface area contributed by atoms with Gasteiger partial charge in [0.15, 0.2) is 0 Å². The van der Waals surface area contributed by atoms with Crippen molar-refractivity contribution in [2.45, 2.75) is 49.3 Å². The molecule has 0 spiro atoms. The maximum absolute atomic E-state index is 11.9. The summed E-state index contributed by atoms with van der Waals surface area (Å²) in [5.74, 6) is -6.54. The second-order valence-corrected chi connectivity index (χ2v) is 8.88. The smallest absolute Gasteiger partial charge is 0.231 e. The van der Waals surface area contributed by atoms with E-state index in [4.69, 9.17) is 0 Å². The first-order valence-corrected chi connectivity index (χ1v) is 9.61. The van der Waals surface area contributed by atoms with Crippen molar-refractivity contribution in [1.82, 2.24) is 9.80 Å². The lowest BCUT2D eigenvalue weighted by Gasteiger charge is -2.42. The van der Waals surface area contributed by atoms with Crippen LogP contribution in [0.4, 0.5) is 0 Å². The van der Waals surface area contributed by atoms with Crippen LogP contribution < -0.4 is 10.2 Å². The van der Waals surface area contributed by atoms with Crippen molar-refractivity contribution in [3.63, 3.8) is 0 Å².